The Balaban J connectivity index is 1.77. The minimum Gasteiger partial charge on any atom is -0.493 e. The standard InChI is InChI=1S/C21H25NO4/c1-24-13-14-26-19-15-17(9-10-18(19)25-2)22-20(23)21(11-6-12-21)16-7-4-3-5-8-16/h3-5,7-10,15H,6,11-14H2,1-2H3,(H,22,23). The molecule has 5 nitrogen and oxygen atoms in total. The van der Waals surface area contributed by atoms with Gasteiger partial charge in [-0.3, -0.25) is 4.79 Å². The SMILES string of the molecule is COCCOc1cc(NC(=O)C2(c3ccccc3)CCC2)ccc1OC. The highest BCUT2D eigenvalue weighted by atomic mass is 16.5. The molecule has 2 aromatic carbocycles. The Morgan fingerprint density at radius 2 is 1.81 bits per heavy atom. The molecule has 0 aromatic heterocycles. The van der Waals surface area contributed by atoms with E-state index < -0.39 is 5.41 Å². The molecule has 0 heterocycles. The van der Waals surface area contributed by atoms with Crippen molar-refractivity contribution in [3.63, 3.8) is 0 Å². The van der Waals surface area contributed by atoms with E-state index in [4.69, 9.17) is 14.2 Å². The smallest absolute Gasteiger partial charge is 0.235 e. The number of methoxy groups -OCH3 is 2. The summed E-state index contributed by atoms with van der Waals surface area (Å²) in [4.78, 5) is 13.0. The van der Waals surface area contributed by atoms with Crippen molar-refractivity contribution in [3.05, 3.63) is 54.1 Å². The highest BCUT2D eigenvalue weighted by Gasteiger charge is 2.45. The first-order chi connectivity index (χ1) is 12.7. The molecule has 1 amide bonds. The van der Waals surface area contributed by atoms with Crippen LogP contribution in [-0.4, -0.2) is 33.3 Å². The molecular formula is C21H25NO4. The van der Waals surface area contributed by atoms with Gasteiger partial charge < -0.3 is 19.5 Å². The maximum Gasteiger partial charge on any atom is 0.235 e. The number of amides is 1. The number of rotatable bonds is 8. The van der Waals surface area contributed by atoms with Crippen molar-refractivity contribution in [1.29, 1.82) is 0 Å². The topological polar surface area (TPSA) is 56.8 Å². The molecule has 0 aliphatic heterocycles. The van der Waals surface area contributed by atoms with Gasteiger partial charge in [-0.2, -0.15) is 0 Å². The lowest BCUT2D eigenvalue weighted by Crippen LogP contribution is -2.45. The average Bonchev–Trinajstić information content (AvgIpc) is 2.62. The summed E-state index contributed by atoms with van der Waals surface area (Å²) in [5, 5.41) is 3.06. The van der Waals surface area contributed by atoms with Gasteiger partial charge in [0.05, 0.1) is 19.1 Å². The summed E-state index contributed by atoms with van der Waals surface area (Å²) in [5.41, 5.74) is 1.34. The summed E-state index contributed by atoms with van der Waals surface area (Å²) in [6.07, 6.45) is 2.81. The average molecular weight is 355 g/mol. The van der Waals surface area contributed by atoms with Crippen molar-refractivity contribution in [2.75, 3.05) is 32.8 Å². The quantitative estimate of drug-likeness (QED) is 0.732. The minimum absolute atomic E-state index is 0.0305. The summed E-state index contributed by atoms with van der Waals surface area (Å²) in [6, 6.07) is 15.4. The Bertz CT molecular complexity index is 741. The van der Waals surface area contributed by atoms with Crippen LogP contribution in [0.5, 0.6) is 11.5 Å². The molecule has 1 aliphatic rings. The van der Waals surface area contributed by atoms with Crippen LogP contribution in [0, 0.1) is 0 Å². The van der Waals surface area contributed by atoms with Crippen molar-refractivity contribution < 1.29 is 19.0 Å². The zero-order valence-corrected chi connectivity index (χ0v) is 15.3. The molecule has 0 unspecified atom stereocenters. The lowest BCUT2D eigenvalue weighted by molar-refractivity contribution is -0.124. The molecule has 1 N–H and O–H groups in total. The third kappa shape index (κ3) is 3.68. The van der Waals surface area contributed by atoms with Crippen LogP contribution in [-0.2, 0) is 14.9 Å². The number of nitrogens with one attached hydrogen (secondary N) is 1. The largest absolute Gasteiger partial charge is 0.493 e. The second-order valence-electron chi connectivity index (χ2n) is 6.46. The number of carbonyl (C=O) groups excluding carboxylic acids is 1. The first-order valence-corrected chi connectivity index (χ1v) is 8.86. The van der Waals surface area contributed by atoms with Gasteiger partial charge in [0.25, 0.3) is 0 Å². The molecule has 0 saturated heterocycles. The zero-order chi connectivity index (χ0) is 18.4. The lowest BCUT2D eigenvalue weighted by atomic mass is 9.64. The summed E-state index contributed by atoms with van der Waals surface area (Å²) in [7, 11) is 3.22. The second-order valence-corrected chi connectivity index (χ2v) is 6.46. The van der Waals surface area contributed by atoms with Gasteiger partial charge in [-0.15, -0.1) is 0 Å². The van der Waals surface area contributed by atoms with Gasteiger partial charge in [0.2, 0.25) is 5.91 Å². The fraction of sp³-hybridized carbons (Fsp3) is 0.381. The van der Waals surface area contributed by atoms with E-state index >= 15 is 0 Å². The van der Waals surface area contributed by atoms with Gasteiger partial charge in [-0.05, 0) is 30.5 Å². The molecule has 0 atom stereocenters. The van der Waals surface area contributed by atoms with Crippen molar-refractivity contribution >= 4 is 11.6 Å². The predicted octanol–water partition coefficient (Wildman–Crippen LogP) is 3.78. The Kier molecular flexibility index (Phi) is 5.78. The molecule has 138 valence electrons. The van der Waals surface area contributed by atoms with E-state index in [1.54, 1.807) is 26.4 Å². The molecule has 1 saturated carbocycles. The number of hydrogen-bond donors (Lipinski definition) is 1. The van der Waals surface area contributed by atoms with Gasteiger partial charge in [-0.25, -0.2) is 0 Å². The van der Waals surface area contributed by atoms with Crippen LogP contribution in [0.1, 0.15) is 24.8 Å². The van der Waals surface area contributed by atoms with Gasteiger partial charge >= 0.3 is 0 Å². The van der Waals surface area contributed by atoms with E-state index in [-0.39, 0.29) is 5.91 Å². The zero-order valence-electron chi connectivity index (χ0n) is 15.3. The fourth-order valence-corrected chi connectivity index (χ4v) is 3.29. The molecule has 0 radical (unpaired) electrons. The number of ether oxygens (including phenoxy) is 3. The number of hydrogen-bond acceptors (Lipinski definition) is 4. The van der Waals surface area contributed by atoms with Crippen LogP contribution < -0.4 is 14.8 Å². The molecule has 1 fully saturated rings. The summed E-state index contributed by atoms with van der Waals surface area (Å²) < 4.78 is 16.0. The molecule has 0 bridgehead atoms. The van der Waals surface area contributed by atoms with Gasteiger partial charge in [0.1, 0.15) is 6.61 Å². The first-order valence-electron chi connectivity index (χ1n) is 8.86. The third-order valence-electron chi connectivity index (χ3n) is 4.93. The van der Waals surface area contributed by atoms with Crippen molar-refractivity contribution in [2.45, 2.75) is 24.7 Å². The van der Waals surface area contributed by atoms with Crippen LogP contribution in [0.2, 0.25) is 0 Å². The molecule has 26 heavy (non-hydrogen) atoms. The van der Waals surface area contributed by atoms with Gasteiger partial charge in [-0.1, -0.05) is 36.8 Å². The Morgan fingerprint density at radius 3 is 2.42 bits per heavy atom. The Labute approximate surface area is 154 Å². The predicted molar refractivity (Wildman–Crippen MR) is 101 cm³/mol. The molecule has 0 spiro atoms. The number of carbonyl (C=O) groups is 1. The molecule has 3 rings (SSSR count). The van der Waals surface area contributed by atoms with Crippen LogP contribution >= 0.6 is 0 Å². The van der Waals surface area contributed by atoms with E-state index in [9.17, 15) is 4.79 Å². The molecule has 5 heteroatoms. The fourth-order valence-electron chi connectivity index (χ4n) is 3.29. The third-order valence-corrected chi connectivity index (χ3v) is 4.93. The normalized spacial score (nSPS) is 15.0. The van der Waals surface area contributed by atoms with Gasteiger partial charge in [0, 0.05) is 18.9 Å². The number of anilines is 1. The second kappa shape index (κ2) is 8.23. The molecule has 1 aliphatic carbocycles. The first kappa shape index (κ1) is 18.3. The van der Waals surface area contributed by atoms with Crippen LogP contribution in [0.15, 0.2) is 48.5 Å². The summed E-state index contributed by atoms with van der Waals surface area (Å²) in [5.74, 6) is 1.24. The lowest BCUT2D eigenvalue weighted by Gasteiger charge is -2.40. The highest BCUT2D eigenvalue weighted by Crippen LogP contribution is 2.44. The van der Waals surface area contributed by atoms with Crippen molar-refractivity contribution in [2.24, 2.45) is 0 Å². The van der Waals surface area contributed by atoms with Crippen molar-refractivity contribution in [1.82, 2.24) is 0 Å². The van der Waals surface area contributed by atoms with E-state index in [0.717, 1.165) is 24.8 Å². The van der Waals surface area contributed by atoms with Crippen molar-refractivity contribution in [3.8, 4) is 11.5 Å². The van der Waals surface area contributed by atoms with E-state index in [1.807, 2.05) is 36.4 Å². The van der Waals surface area contributed by atoms with Crippen LogP contribution in [0.3, 0.4) is 0 Å². The number of benzene rings is 2. The highest BCUT2D eigenvalue weighted by molar-refractivity contribution is 6.00. The summed E-state index contributed by atoms with van der Waals surface area (Å²) >= 11 is 0. The van der Waals surface area contributed by atoms with E-state index in [1.165, 1.54) is 0 Å². The Hall–Kier alpha value is -2.53. The monoisotopic (exact) mass is 355 g/mol. The van der Waals surface area contributed by atoms with E-state index in [2.05, 4.69) is 5.32 Å². The van der Waals surface area contributed by atoms with Crippen LogP contribution in [0.25, 0.3) is 0 Å². The molecular weight excluding hydrogens is 330 g/mol. The van der Waals surface area contributed by atoms with E-state index in [0.29, 0.717) is 30.4 Å². The maximum atomic E-state index is 13.0. The minimum atomic E-state index is -0.432. The maximum absolute atomic E-state index is 13.0. The summed E-state index contributed by atoms with van der Waals surface area (Å²) in [6.45, 7) is 0.898. The molecule has 2 aromatic rings. The van der Waals surface area contributed by atoms with Gasteiger partial charge in [0.15, 0.2) is 11.5 Å². The van der Waals surface area contributed by atoms with Crippen LogP contribution in [0.4, 0.5) is 5.69 Å². The Morgan fingerprint density at radius 1 is 1.04 bits per heavy atom.